The number of hydrogen-bond donors (Lipinski definition) is 0. The first kappa shape index (κ1) is 19.5. The van der Waals surface area contributed by atoms with Crippen molar-refractivity contribution in [2.45, 2.75) is 19.1 Å². The number of hydrogen-bond acceptors (Lipinski definition) is 5. The summed E-state index contributed by atoms with van der Waals surface area (Å²) in [7, 11) is 3.50. The standard InChI is InChI=1S/C19H18ClF3N6/c1-11(29-10-28(3)14-8-24-18(20)26-17(14)29)12-4-6-13(7-5-12)16-25-15(9-27(16)2)19(21,22)23/h4-9,11H,10H2,1-3H3/t11-/m0/s1. The second-order valence-corrected chi connectivity index (χ2v) is 7.35. The third-order valence-electron chi connectivity index (χ3n) is 5.05. The van der Waals surface area contributed by atoms with E-state index in [0.717, 1.165) is 23.3 Å². The molecule has 0 radical (unpaired) electrons. The molecule has 10 heteroatoms. The molecule has 6 nitrogen and oxygen atoms in total. The zero-order chi connectivity index (χ0) is 20.9. The van der Waals surface area contributed by atoms with Crippen LogP contribution in [0.1, 0.15) is 24.2 Å². The number of benzene rings is 1. The fourth-order valence-electron chi connectivity index (χ4n) is 3.47. The lowest BCUT2D eigenvalue weighted by Gasteiger charge is -2.26. The van der Waals surface area contributed by atoms with Crippen molar-refractivity contribution in [2.75, 3.05) is 23.5 Å². The van der Waals surface area contributed by atoms with Crippen molar-refractivity contribution in [3.8, 4) is 11.4 Å². The highest BCUT2D eigenvalue weighted by molar-refractivity contribution is 6.28. The van der Waals surface area contributed by atoms with Crippen molar-refractivity contribution >= 4 is 23.1 Å². The van der Waals surface area contributed by atoms with Crippen LogP contribution in [-0.2, 0) is 13.2 Å². The molecule has 0 bridgehead atoms. The summed E-state index contributed by atoms with van der Waals surface area (Å²) in [6.45, 7) is 2.66. The van der Waals surface area contributed by atoms with Gasteiger partial charge in [-0.3, -0.25) is 0 Å². The molecule has 29 heavy (non-hydrogen) atoms. The fourth-order valence-corrected chi connectivity index (χ4v) is 3.59. The van der Waals surface area contributed by atoms with Crippen LogP contribution in [0.5, 0.6) is 0 Å². The van der Waals surface area contributed by atoms with Gasteiger partial charge in [-0.25, -0.2) is 9.97 Å². The van der Waals surface area contributed by atoms with E-state index in [4.69, 9.17) is 11.6 Å². The molecule has 1 aliphatic rings. The van der Waals surface area contributed by atoms with Gasteiger partial charge in [-0.2, -0.15) is 18.2 Å². The van der Waals surface area contributed by atoms with Crippen LogP contribution in [0, 0.1) is 0 Å². The fraction of sp³-hybridized carbons (Fsp3) is 0.316. The molecule has 0 unspecified atom stereocenters. The van der Waals surface area contributed by atoms with Crippen molar-refractivity contribution in [1.29, 1.82) is 0 Å². The normalized spacial score (nSPS) is 15.0. The van der Waals surface area contributed by atoms with Crippen LogP contribution < -0.4 is 9.80 Å². The molecule has 1 atom stereocenters. The van der Waals surface area contributed by atoms with Gasteiger partial charge in [0.05, 0.1) is 24.6 Å². The maximum absolute atomic E-state index is 12.9. The molecule has 0 fully saturated rings. The summed E-state index contributed by atoms with van der Waals surface area (Å²) >= 11 is 5.97. The lowest BCUT2D eigenvalue weighted by atomic mass is 10.0. The molecule has 3 aromatic rings. The molecule has 0 amide bonds. The van der Waals surface area contributed by atoms with E-state index in [0.29, 0.717) is 12.2 Å². The van der Waals surface area contributed by atoms with Crippen LogP contribution in [-0.4, -0.2) is 33.2 Å². The van der Waals surface area contributed by atoms with Gasteiger partial charge in [0.25, 0.3) is 0 Å². The van der Waals surface area contributed by atoms with Gasteiger partial charge in [-0.1, -0.05) is 24.3 Å². The van der Waals surface area contributed by atoms with Crippen molar-refractivity contribution in [3.63, 3.8) is 0 Å². The molecule has 152 valence electrons. The lowest BCUT2D eigenvalue weighted by Crippen LogP contribution is -2.30. The SMILES string of the molecule is C[C@@H](c1ccc(-c2nc(C(F)(F)F)cn2C)cc1)N1CN(C)c2cnc(Cl)nc21. The van der Waals surface area contributed by atoms with E-state index in [-0.39, 0.29) is 17.1 Å². The molecule has 0 saturated heterocycles. The number of alkyl halides is 3. The van der Waals surface area contributed by atoms with Gasteiger partial charge in [-0.15, -0.1) is 0 Å². The molecule has 1 aliphatic heterocycles. The summed E-state index contributed by atoms with van der Waals surface area (Å²) in [5.41, 5.74) is 1.60. The summed E-state index contributed by atoms with van der Waals surface area (Å²) < 4.78 is 40.1. The molecular weight excluding hydrogens is 405 g/mol. The van der Waals surface area contributed by atoms with Crippen molar-refractivity contribution in [2.24, 2.45) is 7.05 Å². The summed E-state index contributed by atoms with van der Waals surface area (Å²) in [6, 6.07) is 7.32. The largest absolute Gasteiger partial charge is 0.434 e. The van der Waals surface area contributed by atoms with Gasteiger partial charge < -0.3 is 14.4 Å². The first-order valence-electron chi connectivity index (χ1n) is 8.86. The molecule has 0 spiro atoms. The average Bonchev–Trinajstić information content (AvgIpc) is 3.21. The molecular formula is C19H18ClF3N6. The monoisotopic (exact) mass is 422 g/mol. The minimum atomic E-state index is -4.47. The van der Waals surface area contributed by atoms with Crippen LogP contribution >= 0.6 is 11.6 Å². The second kappa shape index (κ2) is 6.91. The van der Waals surface area contributed by atoms with Crippen molar-refractivity contribution < 1.29 is 13.2 Å². The highest BCUT2D eigenvalue weighted by Crippen LogP contribution is 2.39. The molecule has 0 N–H and O–H groups in total. The maximum atomic E-state index is 12.9. The van der Waals surface area contributed by atoms with Gasteiger partial charge in [0.2, 0.25) is 5.28 Å². The molecule has 2 aromatic heterocycles. The van der Waals surface area contributed by atoms with Gasteiger partial charge in [0.15, 0.2) is 11.5 Å². The summed E-state index contributed by atoms with van der Waals surface area (Å²) in [5, 5.41) is 0.182. The summed E-state index contributed by atoms with van der Waals surface area (Å²) in [5.74, 6) is 1.02. The van der Waals surface area contributed by atoms with Crippen molar-refractivity contribution in [1.82, 2.24) is 19.5 Å². The van der Waals surface area contributed by atoms with Gasteiger partial charge in [0, 0.05) is 25.9 Å². The van der Waals surface area contributed by atoms with E-state index in [1.807, 2.05) is 31.0 Å². The Morgan fingerprint density at radius 3 is 2.41 bits per heavy atom. The predicted octanol–water partition coefficient (Wildman–Crippen LogP) is 4.52. The number of anilines is 2. The Morgan fingerprint density at radius 1 is 1.10 bits per heavy atom. The average molecular weight is 423 g/mol. The Morgan fingerprint density at radius 2 is 1.79 bits per heavy atom. The highest BCUT2D eigenvalue weighted by atomic mass is 35.5. The van der Waals surface area contributed by atoms with Crippen molar-refractivity contribution in [3.05, 3.63) is 53.2 Å². The zero-order valence-electron chi connectivity index (χ0n) is 15.9. The Bertz CT molecular complexity index is 1050. The summed E-state index contributed by atoms with van der Waals surface area (Å²) in [6.07, 6.45) is -1.78. The number of aryl methyl sites for hydroxylation is 1. The molecule has 0 saturated carbocycles. The minimum absolute atomic E-state index is 0.0224. The number of fused-ring (bicyclic) bond motifs is 1. The zero-order valence-corrected chi connectivity index (χ0v) is 16.7. The number of imidazole rings is 1. The topological polar surface area (TPSA) is 50.1 Å². The third-order valence-corrected chi connectivity index (χ3v) is 5.24. The molecule has 1 aromatic carbocycles. The van der Waals surface area contributed by atoms with Crippen LogP contribution in [0.2, 0.25) is 5.28 Å². The van der Waals surface area contributed by atoms with Crippen LogP contribution in [0.4, 0.5) is 24.7 Å². The lowest BCUT2D eigenvalue weighted by molar-refractivity contribution is -0.140. The molecule has 3 heterocycles. The van der Waals surface area contributed by atoms with Crippen LogP contribution in [0.25, 0.3) is 11.4 Å². The summed E-state index contributed by atoms with van der Waals surface area (Å²) in [4.78, 5) is 16.3. The second-order valence-electron chi connectivity index (χ2n) is 7.01. The smallest absolute Gasteiger partial charge is 0.353 e. The number of aromatic nitrogens is 4. The Labute approximate surface area is 170 Å². The van der Waals surface area contributed by atoms with E-state index >= 15 is 0 Å². The van der Waals surface area contributed by atoms with Crippen LogP contribution in [0.15, 0.2) is 36.7 Å². The molecule has 0 aliphatic carbocycles. The third kappa shape index (κ3) is 3.50. The van der Waals surface area contributed by atoms with E-state index in [1.54, 1.807) is 25.4 Å². The van der Waals surface area contributed by atoms with Gasteiger partial charge >= 0.3 is 6.18 Å². The quantitative estimate of drug-likeness (QED) is 0.581. The highest BCUT2D eigenvalue weighted by Gasteiger charge is 2.34. The Hall–Kier alpha value is -2.81. The predicted molar refractivity (Wildman–Crippen MR) is 105 cm³/mol. The Kier molecular flexibility index (Phi) is 4.65. The Balaban J connectivity index is 1.61. The van der Waals surface area contributed by atoms with E-state index in [2.05, 4.69) is 19.9 Å². The molecule has 4 rings (SSSR count). The van der Waals surface area contributed by atoms with Gasteiger partial charge in [-0.05, 0) is 24.1 Å². The van der Waals surface area contributed by atoms with E-state index < -0.39 is 11.9 Å². The van der Waals surface area contributed by atoms with E-state index in [9.17, 15) is 13.2 Å². The van der Waals surface area contributed by atoms with E-state index in [1.165, 1.54) is 4.57 Å². The maximum Gasteiger partial charge on any atom is 0.434 e. The van der Waals surface area contributed by atoms with Crippen LogP contribution in [0.3, 0.4) is 0 Å². The first-order valence-corrected chi connectivity index (χ1v) is 9.24. The van der Waals surface area contributed by atoms with Gasteiger partial charge in [0.1, 0.15) is 5.82 Å². The minimum Gasteiger partial charge on any atom is -0.353 e. The number of halogens is 4. The first-order chi connectivity index (χ1) is 13.6. The number of rotatable bonds is 3. The number of nitrogens with zero attached hydrogens (tertiary/aromatic N) is 6.